The lowest BCUT2D eigenvalue weighted by Gasteiger charge is -2.25. The maximum absolute atomic E-state index is 11.7. The topological polar surface area (TPSA) is 64.4 Å². The van der Waals surface area contributed by atoms with Crippen molar-refractivity contribution in [3.8, 4) is 0 Å². The summed E-state index contributed by atoms with van der Waals surface area (Å²) in [5, 5.41) is 2.44. The highest BCUT2D eigenvalue weighted by atomic mass is 19.1. The first kappa shape index (κ1) is 10.4. The summed E-state index contributed by atoms with van der Waals surface area (Å²) >= 11 is 0. The van der Waals surface area contributed by atoms with Gasteiger partial charge in [0.15, 0.2) is 0 Å². The van der Waals surface area contributed by atoms with E-state index in [1.807, 2.05) is 0 Å². The van der Waals surface area contributed by atoms with Gasteiger partial charge in [0.2, 0.25) is 5.91 Å². The fourth-order valence-corrected chi connectivity index (χ4v) is 1.26. The normalized spacial score (nSPS) is 28.5. The first-order valence-electron chi connectivity index (χ1n) is 4.45. The van der Waals surface area contributed by atoms with Crippen molar-refractivity contribution in [2.75, 3.05) is 19.8 Å². The van der Waals surface area contributed by atoms with Crippen LogP contribution in [0.1, 0.15) is 12.8 Å². The van der Waals surface area contributed by atoms with E-state index in [0.717, 1.165) is 6.42 Å². The molecular formula is C8H15FN2O2. The minimum absolute atomic E-state index is 0.0326. The van der Waals surface area contributed by atoms with E-state index in [9.17, 15) is 9.18 Å². The van der Waals surface area contributed by atoms with Crippen LogP contribution in [0.15, 0.2) is 0 Å². The third kappa shape index (κ3) is 3.28. The Hall–Kier alpha value is -0.680. The molecule has 1 saturated heterocycles. The number of carbonyl (C=O) groups is 1. The lowest BCUT2D eigenvalue weighted by Crippen LogP contribution is -2.44. The lowest BCUT2D eigenvalue weighted by atomic mass is 10.1. The Morgan fingerprint density at radius 3 is 2.92 bits per heavy atom. The van der Waals surface area contributed by atoms with Crippen molar-refractivity contribution >= 4 is 5.91 Å². The maximum atomic E-state index is 11.7. The Morgan fingerprint density at radius 1 is 1.62 bits per heavy atom. The zero-order chi connectivity index (χ0) is 9.68. The first-order valence-corrected chi connectivity index (χ1v) is 4.45. The monoisotopic (exact) mass is 190 g/mol. The van der Waals surface area contributed by atoms with Gasteiger partial charge in [-0.25, -0.2) is 4.39 Å². The second-order valence-corrected chi connectivity index (χ2v) is 3.14. The molecule has 1 amide bonds. The van der Waals surface area contributed by atoms with Crippen LogP contribution in [-0.4, -0.2) is 37.9 Å². The van der Waals surface area contributed by atoms with E-state index in [2.05, 4.69) is 5.32 Å². The maximum Gasteiger partial charge on any atom is 0.249 e. The summed E-state index contributed by atoms with van der Waals surface area (Å²) < 4.78 is 16.9. The highest BCUT2D eigenvalue weighted by Crippen LogP contribution is 2.11. The van der Waals surface area contributed by atoms with Crippen LogP contribution < -0.4 is 11.1 Å². The quantitative estimate of drug-likeness (QED) is 0.635. The molecule has 0 aromatic heterocycles. The number of carbonyl (C=O) groups excluding carboxylic acids is 1. The van der Waals surface area contributed by atoms with Gasteiger partial charge in [-0.1, -0.05) is 0 Å². The lowest BCUT2D eigenvalue weighted by molar-refractivity contribution is -0.136. The Bertz CT molecular complexity index is 170. The molecule has 3 N–H and O–H groups in total. The number of alkyl halides is 1. The predicted molar refractivity (Wildman–Crippen MR) is 45.9 cm³/mol. The molecule has 0 spiro atoms. The van der Waals surface area contributed by atoms with Crippen molar-refractivity contribution in [3.05, 3.63) is 0 Å². The smallest absolute Gasteiger partial charge is 0.249 e. The van der Waals surface area contributed by atoms with Crippen LogP contribution in [0.2, 0.25) is 0 Å². The molecule has 1 aliphatic rings. The van der Waals surface area contributed by atoms with Gasteiger partial charge < -0.3 is 15.8 Å². The summed E-state index contributed by atoms with van der Waals surface area (Å²) in [5.74, 6) is -0.232. The molecule has 13 heavy (non-hydrogen) atoms. The van der Waals surface area contributed by atoms with E-state index >= 15 is 0 Å². The van der Waals surface area contributed by atoms with E-state index in [-0.39, 0.29) is 18.5 Å². The third-order valence-corrected chi connectivity index (χ3v) is 2.00. The van der Waals surface area contributed by atoms with Crippen molar-refractivity contribution in [1.29, 1.82) is 0 Å². The predicted octanol–water partition coefficient (Wildman–Crippen LogP) is -0.422. The van der Waals surface area contributed by atoms with Gasteiger partial charge in [-0.3, -0.25) is 4.79 Å². The van der Waals surface area contributed by atoms with Crippen LogP contribution in [0.4, 0.5) is 4.39 Å². The van der Waals surface area contributed by atoms with Gasteiger partial charge >= 0.3 is 0 Å². The van der Waals surface area contributed by atoms with Crippen LogP contribution >= 0.6 is 0 Å². The molecule has 5 heteroatoms. The van der Waals surface area contributed by atoms with Crippen LogP contribution in [0.25, 0.3) is 0 Å². The minimum atomic E-state index is -0.544. The molecule has 0 saturated carbocycles. The molecule has 0 aromatic rings. The van der Waals surface area contributed by atoms with Crippen LogP contribution in [-0.2, 0) is 9.53 Å². The summed E-state index contributed by atoms with van der Waals surface area (Å²) in [4.78, 5) is 11.2. The number of nitrogens with two attached hydrogens (primary N) is 1. The largest absolute Gasteiger partial charge is 0.367 e. The van der Waals surface area contributed by atoms with E-state index < -0.39 is 12.8 Å². The number of hydrogen-bond acceptors (Lipinski definition) is 3. The number of hydrogen-bond donors (Lipinski definition) is 2. The number of rotatable bonds is 3. The van der Waals surface area contributed by atoms with Crippen molar-refractivity contribution in [3.63, 3.8) is 0 Å². The number of ether oxygens (including phenoxy) is 1. The van der Waals surface area contributed by atoms with Gasteiger partial charge in [0.1, 0.15) is 12.8 Å². The van der Waals surface area contributed by atoms with Gasteiger partial charge in [0.25, 0.3) is 0 Å². The Morgan fingerprint density at radius 2 is 2.38 bits per heavy atom. The molecule has 2 atom stereocenters. The molecule has 1 fully saturated rings. The molecule has 0 bridgehead atoms. The molecular weight excluding hydrogens is 175 g/mol. The molecule has 1 aliphatic heterocycles. The van der Waals surface area contributed by atoms with Crippen LogP contribution in [0.3, 0.4) is 0 Å². The average molecular weight is 190 g/mol. The summed E-state index contributed by atoms with van der Waals surface area (Å²) in [6.45, 7) is -0.0730. The summed E-state index contributed by atoms with van der Waals surface area (Å²) in [6, 6.07) is 0.0326. The van der Waals surface area contributed by atoms with Crippen LogP contribution in [0, 0.1) is 0 Å². The SMILES string of the molecule is NC1CC[C@@H](C(=O)NCCF)OC1. The van der Waals surface area contributed by atoms with E-state index in [1.54, 1.807) is 0 Å². The molecule has 1 rings (SSSR count). The van der Waals surface area contributed by atoms with Gasteiger partial charge in [0.05, 0.1) is 6.61 Å². The Labute approximate surface area is 76.6 Å². The zero-order valence-corrected chi connectivity index (χ0v) is 7.46. The summed E-state index contributed by atoms with van der Waals surface area (Å²) in [6.07, 6.45) is 0.971. The molecule has 0 aromatic carbocycles. The van der Waals surface area contributed by atoms with Crippen LogP contribution in [0.5, 0.6) is 0 Å². The van der Waals surface area contributed by atoms with Gasteiger partial charge in [-0.15, -0.1) is 0 Å². The third-order valence-electron chi connectivity index (χ3n) is 2.00. The molecule has 0 radical (unpaired) electrons. The molecule has 0 aliphatic carbocycles. The Balaban J connectivity index is 2.23. The second kappa shape index (κ2) is 5.14. The standard InChI is InChI=1S/C8H15FN2O2/c9-3-4-11-8(12)7-2-1-6(10)5-13-7/h6-7H,1-5,10H2,(H,11,12)/t6?,7-/m0/s1. The van der Waals surface area contributed by atoms with E-state index in [4.69, 9.17) is 10.5 Å². The van der Waals surface area contributed by atoms with Gasteiger partial charge in [-0.05, 0) is 12.8 Å². The van der Waals surface area contributed by atoms with E-state index in [1.165, 1.54) is 0 Å². The van der Waals surface area contributed by atoms with Gasteiger partial charge in [0, 0.05) is 12.6 Å². The van der Waals surface area contributed by atoms with Gasteiger partial charge in [-0.2, -0.15) is 0 Å². The molecule has 1 heterocycles. The highest BCUT2D eigenvalue weighted by molar-refractivity contribution is 5.80. The average Bonchev–Trinajstić information content (AvgIpc) is 2.15. The summed E-state index contributed by atoms with van der Waals surface area (Å²) in [5.41, 5.74) is 5.58. The molecule has 76 valence electrons. The van der Waals surface area contributed by atoms with Crippen molar-refractivity contribution in [2.45, 2.75) is 25.0 Å². The number of nitrogens with one attached hydrogen (secondary N) is 1. The van der Waals surface area contributed by atoms with Crippen molar-refractivity contribution in [1.82, 2.24) is 5.32 Å². The fraction of sp³-hybridized carbons (Fsp3) is 0.875. The molecule has 4 nitrogen and oxygen atoms in total. The molecule has 1 unspecified atom stereocenters. The van der Waals surface area contributed by atoms with Crippen molar-refractivity contribution < 1.29 is 13.9 Å². The number of halogens is 1. The van der Waals surface area contributed by atoms with E-state index in [0.29, 0.717) is 13.0 Å². The number of amides is 1. The fourth-order valence-electron chi connectivity index (χ4n) is 1.26. The Kier molecular flexibility index (Phi) is 4.11. The van der Waals surface area contributed by atoms with Crippen molar-refractivity contribution in [2.24, 2.45) is 5.73 Å². The highest BCUT2D eigenvalue weighted by Gasteiger charge is 2.24. The second-order valence-electron chi connectivity index (χ2n) is 3.14. The minimum Gasteiger partial charge on any atom is -0.367 e. The summed E-state index contributed by atoms with van der Waals surface area (Å²) in [7, 11) is 0. The zero-order valence-electron chi connectivity index (χ0n) is 7.46. The first-order chi connectivity index (χ1) is 6.24.